The van der Waals surface area contributed by atoms with Crippen LogP contribution in [0.2, 0.25) is 0 Å². The van der Waals surface area contributed by atoms with Gasteiger partial charge in [0.1, 0.15) is 16.7 Å². The molecule has 0 saturated carbocycles. The summed E-state index contributed by atoms with van der Waals surface area (Å²) in [5, 5.41) is 6.56. The predicted octanol–water partition coefficient (Wildman–Crippen LogP) is 16.8. The van der Waals surface area contributed by atoms with Crippen molar-refractivity contribution >= 4 is 65.7 Å². The molecule has 0 atom stereocenters. The van der Waals surface area contributed by atoms with Crippen molar-refractivity contribution in [3.63, 3.8) is 0 Å². The van der Waals surface area contributed by atoms with Gasteiger partial charge in [-0.05, 0) is 70.3 Å². The summed E-state index contributed by atoms with van der Waals surface area (Å²) >= 11 is 0. The summed E-state index contributed by atoms with van der Waals surface area (Å²) < 4.78 is 16.2. The smallest absolute Gasteiger partial charge is 0.164 e. The Kier molecular flexibility index (Phi) is 8.79. The summed E-state index contributed by atoms with van der Waals surface area (Å²) in [6, 6.07) is 80.2. The Balaban J connectivity index is 0.908. The van der Waals surface area contributed by atoms with Crippen LogP contribution in [0.25, 0.3) is 139 Å². The number of para-hydroxylation sites is 3. The van der Waals surface area contributed by atoms with Crippen LogP contribution in [0, 0.1) is 0 Å². The average molecular weight is 883 g/mol. The van der Waals surface area contributed by atoms with Gasteiger partial charge < -0.3 is 13.4 Å². The molecular weight excluding hydrogens is 845 g/mol. The fraction of sp³-hybridized carbons (Fsp3) is 0. The van der Waals surface area contributed by atoms with Crippen molar-refractivity contribution in [1.29, 1.82) is 0 Å². The molecule has 14 rings (SSSR count). The molecule has 0 amide bonds. The zero-order valence-electron chi connectivity index (χ0n) is 37.0. The van der Waals surface area contributed by atoms with Crippen molar-refractivity contribution in [1.82, 2.24) is 19.5 Å². The van der Waals surface area contributed by atoms with E-state index in [0.717, 1.165) is 99.5 Å². The summed E-state index contributed by atoms with van der Waals surface area (Å²) in [4.78, 5) is 15.0. The molecule has 14 aromatic rings. The maximum atomic E-state index is 6.96. The van der Waals surface area contributed by atoms with Crippen LogP contribution < -0.4 is 0 Å². The van der Waals surface area contributed by atoms with Gasteiger partial charge in [0.25, 0.3) is 0 Å². The standard InChI is InChI=1S/C63H38N4O2/c1-4-17-39(18-5-1)42-35-36-53-51(38-42)46-25-10-11-31-52(46)67(53)54-32-14-30-50-58-47(27-16-34-56(58)69-60(50)54)48-28-13-29-49-57-45(26-15-33-55(57)68-59(48)49)43-23-12-24-44(37-43)63-65-61(40-19-6-2-7-20-40)64-62(66-63)41-21-8-3-9-22-41/h1-38H. The molecule has 322 valence electrons. The zero-order valence-corrected chi connectivity index (χ0v) is 37.0. The molecule has 6 heteroatoms. The number of aromatic nitrogens is 4. The largest absolute Gasteiger partial charge is 0.455 e. The molecule has 10 aromatic carbocycles. The molecule has 0 unspecified atom stereocenters. The highest BCUT2D eigenvalue weighted by molar-refractivity contribution is 6.21. The quantitative estimate of drug-likeness (QED) is 0.159. The highest BCUT2D eigenvalue weighted by Crippen LogP contribution is 2.46. The molecule has 4 heterocycles. The summed E-state index contributed by atoms with van der Waals surface area (Å²) in [6.07, 6.45) is 0. The molecular formula is C63H38N4O2. The first-order valence-corrected chi connectivity index (χ1v) is 23.2. The first-order chi connectivity index (χ1) is 34.2. The van der Waals surface area contributed by atoms with Crippen molar-refractivity contribution in [3.8, 4) is 73.2 Å². The van der Waals surface area contributed by atoms with Crippen LogP contribution in [-0.4, -0.2) is 19.5 Å². The Morgan fingerprint density at radius 2 is 0.783 bits per heavy atom. The lowest BCUT2D eigenvalue weighted by atomic mass is 9.95. The van der Waals surface area contributed by atoms with Gasteiger partial charge >= 0.3 is 0 Å². The van der Waals surface area contributed by atoms with Gasteiger partial charge in [-0.3, -0.25) is 0 Å². The monoisotopic (exact) mass is 882 g/mol. The lowest BCUT2D eigenvalue weighted by molar-refractivity contribution is 0.666. The maximum absolute atomic E-state index is 6.96. The highest BCUT2D eigenvalue weighted by atomic mass is 16.3. The van der Waals surface area contributed by atoms with Crippen LogP contribution in [-0.2, 0) is 0 Å². The minimum absolute atomic E-state index is 0.606. The van der Waals surface area contributed by atoms with Gasteiger partial charge in [0.05, 0.1) is 16.7 Å². The Morgan fingerprint density at radius 1 is 0.290 bits per heavy atom. The fourth-order valence-corrected chi connectivity index (χ4v) is 10.3. The van der Waals surface area contributed by atoms with Gasteiger partial charge in [0.15, 0.2) is 23.1 Å². The number of rotatable bonds is 7. The number of hydrogen-bond acceptors (Lipinski definition) is 5. The van der Waals surface area contributed by atoms with Gasteiger partial charge in [-0.15, -0.1) is 0 Å². The van der Waals surface area contributed by atoms with E-state index in [4.69, 9.17) is 23.8 Å². The molecule has 69 heavy (non-hydrogen) atoms. The zero-order chi connectivity index (χ0) is 45.4. The van der Waals surface area contributed by atoms with Crippen LogP contribution in [0.15, 0.2) is 239 Å². The number of furan rings is 2. The van der Waals surface area contributed by atoms with Crippen molar-refractivity contribution in [2.75, 3.05) is 0 Å². The van der Waals surface area contributed by atoms with E-state index in [2.05, 4.69) is 174 Å². The van der Waals surface area contributed by atoms with E-state index >= 15 is 0 Å². The van der Waals surface area contributed by atoms with E-state index in [9.17, 15) is 0 Å². The SMILES string of the molecule is c1ccc(-c2ccc3c(c2)c2ccccc2n3-c2cccc3c2oc2cccc(-c4cccc5c4oc4cccc(-c6cccc(-c7nc(-c8ccccc8)nc(-c8ccccc8)n7)c6)c45)c23)cc1. The highest BCUT2D eigenvalue weighted by Gasteiger charge is 2.23. The maximum Gasteiger partial charge on any atom is 0.164 e. The van der Waals surface area contributed by atoms with Crippen LogP contribution >= 0.6 is 0 Å². The molecule has 0 radical (unpaired) electrons. The second kappa shape index (κ2) is 15.6. The summed E-state index contributed by atoms with van der Waals surface area (Å²) in [5.41, 5.74) is 15.8. The Hall–Kier alpha value is -9.39. The first kappa shape index (κ1) is 38.8. The molecule has 0 aliphatic heterocycles. The van der Waals surface area contributed by atoms with Gasteiger partial charge in [0.2, 0.25) is 0 Å². The Bertz CT molecular complexity index is 4250. The van der Waals surface area contributed by atoms with E-state index in [1.807, 2.05) is 60.7 Å². The number of benzene rings is 10. The molecule has 6 nitrogen and oxygen atoms in total. The lowest BCUT2D eigenvalue weighted by Gasteiger charge is -2.10. The van der Waals surface area contributed by atoms with Crippen molar-refractivity contribution < 1.29 is 8.83 Å². The van der Waals surface area contributed by atoms with E-state index in [0.29, 0.717) is 17.5 Å². The van der Waals surface area contributed by atoms with Crippen molar-refractivity contribution in [2.24, 2.45) is 0 Å². The van der Waals surface area contributed by atoms with Gasteiger partial charge in [-0.1, -0.05) is 188 Å². The van der Waals surface area contributed by atoms with Crippen LogP contribution in [0.4, 0.5) is 0 Å². The fourth-order valence-electron chi connectivity index (χ4n) is 10.3. The predicted molar refractivity (Wildman–Crippen MR) is 281 cm³/mol. The number of hydrogen-bond donors (Lipinski definition) is 0. The van der Waals surface area contributed by atoms with Crippen LogP contribution in [0.5, 0.6) is 0 Å². The normalized spacial score (nSPS) is 11.8. The molecule has 0 aliphatic carbocycles. The molecule has 0 fully saturated rings. The summed E-state index contributed by atoms with van der Waals surface area (Å²) in [7, 11) is 0. The third-order valence-corrected chi connectivity index (χ3v) is 13.5. The average Bonchev–Trinajstić information content (AvgIpc) is 4.11. The van der Waals surface area contributed by atoms with E-state index in [-0.39, 0.29) is 0 Å². The third kappa shape index (κ3) is 6.30. The van der Waals surface area contributed by atoms with Crippen LogP contribution in [0.3, 0.4) is 0 Å². The molecule has 0 N–H and O–H groups in total. The molecule has 0 saturated heterocycles. The van der Waals surface area contributed by atoms with E-state index in [1.165, 1.54) is 21.9 Å². The molecule has 0 aliphatic rings. The first-order valence-electron chi connectivity index (χ1n) is 23.2. The Morgan fingerprint density at radius 3 is 1.51 bits per heavy atom. The van der Waals surface area contributed by atoms with E-state index < -0.39 is 0 Å². The molecule has 0 bridgehead atoms. The summed E-state index contributed by atoms with van der Waals surface area (Å²) in [5.74, 6) is 1.86. The van der Waals surface area contributed by atoms with Crippen molar-refractivity contribution in [2.45, 2.75) is 0 Å². The second-order valence-electron chi connectivity index (χ2n) is 17.5. The molecule has 4 aromatic heterocycles. The number of fused-ring (bicyclic) bond motifs is 9. The van der Waals surface area contributed by atoms with E-state index in [1.54, 1.807) is 0 Å². The third-order valence-electron chi connectivity index (χ3n) is 13.5. The van der Waals surface area contributed by atoms with Crippen LogP contribution in [0.1, 0.15) is 0 Å². The van der Waals surface area contributed by atoms with Crippen molar-refractivity contribution in [3.05, 3.63) is 231 Å². The topological polar surface area (TPSA) is 69.9 Å². The van der Waals surface area contributed by atoms with Gasteiger partial charge in [-0.25, -0.2) is 15.0 Å². The minimum atomic E-state index is 0.606. The second-order valence-corrected chi connectivity index (χ2v) is 17.5. The minimum Gasteiger partial charge on any atom is -0.455 e. The lowest BCUT2D eigenvalue weighted by Crippen LogP contribution is -2.00. The van der Waals surface area contributed by atoms with Gasteiger partial charge in [-0.2, -0.15) is 0 Å². The molecule has 0 spiro atoms. The summed E-state index contributed by atoms with van der Waals surface area (Å²) in [6.45, 7) is 0. The Labute approximate surface area is 396 Å². The van der Waals surface area contributed by atoms with Gasteiger partial charge in [0, 0.05) is 54.6 Å². The number of nitrogens with zero attached hydrogens (tertiary/aromatic N) is 4.